The van der Waals surface area contributed by atoms with Gasteiger partial charge >= 0.3 is 14.0 Å². The molecule has 0 aromatic carbocycles. The van der Waals surface area contributed by atoms with Gasteiger partial charge in [0.05, 0.1) is 5.69 Å². The molecule has 0 atom stereocenters. The Morgan fingerprint density at radius 1 is 1.71 bits per heavy atom. The first-order valence-electron chi connectivity index (χ1n) is 4.29. The molecular formula is C8H9BN2O2S. The molecular weight excluding hydrogens is 199 g/mol. The number of nitrogens with zero attached hydrogens (tertiary/aromatic N) is 2. The van der Waals surface area contributed by atoms with Crippen molar-refractivity contribution in [3.63, 3.8) is 0 Å². The van der Waals surface area contributed by atoms with Crippen LogP contribution in [-0.4, -0.2) is 37.5 Å². The van der Waals surface area contributed by atoms with E-state index in [1.807, 2.05) is 7.05 Å². The molecule has 1 aliphatic rings. The zero-order chi connectivity index (χ0) is 10.1. The number of carbonyl (C=O) groups excluding carboxylic acids is 1. The molecule has 2 heterocycles. The first-order chi connectivity index (χ1) is 6.70. The monoisotopic (exact) mass is 208 g/mol. The van der Waals surface area contributed by atoms with Crippen molar-refractivity contribution in [1.82, 2.24) is 9.88 Å². The van der Waals surface area contributed by atoms with E-state index in [2.05, 4.69) is 14.5 Å². The Hall–Kier alpha value is -0.875. The first-order valence-corrected chi connectivity index (χ1v) is 5.10. The van der Waals surface area contributed by atoms with Gasteiger partial charge in [0, 0.05) is 24.4 Å². The number of likely N-dealkylation sites (N-methyl/N-ethyl adjacent to an activating group) is 1. The minimum absolute atomic E-state index is 0.354. The van der Waals surface area contributed by atoms with Gasteiger partial charge in [0.15, 0.2) is 0 Å². The summed E-state index contributed by atoms with van der Waals surface area (Å²) in [5.41, 5.74) is 1.01. The van der Waals surface area contributed by atoms with Crippen molar-refractivity contribution in [1.29, 1.82) is 0 Å². The van der Waals surface area contributed by atoms with E-state index in [4.69, 9.17) is 8.05 Å². The fraction of sp³-hybridized carbons (Fsp3) is 0.500. The van der Waals surface area contributed by atoms with Crippen LogP contribution in [-0.2, 0) is 17.6 Å². The largest absolute Gasteiger partial charge is 0.538 e. The van der Waals surface area contributed by atoms with Crippen LogP contribution in [0.15, 0.2) is 0 Å². The summed E-state index contributed by atoms with van der Waals surface area (Å²) in [5, 5.41) is 0.354. The van der Waals surface area contributed by atoms with Gasteiger partial charge in [-0.3, -0.25) is 0 Å². The zero-order valence-corrected chi connectivity index (χ0v) is 8.63. The summed E-state index contributed by atoms with van der Waals surface area (Å²) in [7, 11) is 6.84. The second kappa shape index (κ2) is 3.71. The Labute approximate surface area is 87.3 Å². The van der Waals surface area contributed by atoms with E-state index in [-0.39, 0.29) is 0 Å². The fourth-order valence-corrected chi connectivity index (χ4v) is 2.53. The van der Waals surface area contributed by atoms with Crippen LogP contribution in [0.4, 0.5) is 0 Å². The van der Waals surface area contributed by atoms with Crippen LogP contribution in [0.25, 0.3) is 0 Å². The van der Waals surface area contributed by atoms with Crippen molar-refractivity contribution >= 4 is 25.4 Å². The molecule has 0 unspecified atom stereocenters. The van der Waals surface area contributed by atoms with E-state index in [9.17, 15) is 4.79 Å². The summed E-state index contributed by atoms with van der Waals surface area (Å²) >= 11 is 1.36. The highest BCUT2D eigenvalue weighted by Gasteiger charge is 2.21. The van der Waals surface area contributed by atoms with Gasteiger partial charge < -0.3 is 9.55 Å². The summed E-state index contributed by atoms with van der Waals surface area (Å²) in [6.45, 7) is 1.83. The van der Waals surface area contributed by atoms with E-state index in [0.29, 0.717) is 5.01 Å². The molecule has 6 heteroatoms. The molecule has 2 radical (unpaired) electrons. The Kier molecular flexibility index (Phi) is 2.56. The van der Waals surface area contributed by atoms with Crippen molar-refractivity contribution in [2.45, 2.75) is 13.0 Å². The predicted octanol–water partition coefficient (Wildman–Crippen LogP) is 0.371. The zero-order valence-electron chi connectivity index (χ0n) is 7.82. The van der Waals surface area contributed by atoms with Crippen molar-refractivity contribution in [2.75, 3.05) is 13.6 Å². The molecule has 0 saturated heterocycles. The molecule has 1 aromatic rings. The number of hydrogen-bond acceptors (Lipinski definition) is 5. The van der Waals surface area contributed by atoms with Gasteiger partial charge in [-0.2, -0.15) is 0 Å². The highest BCUT2D eigenvalue weighted by Crippen LogP contribution is 2.24. The topological polar surface area (TPSA) is 42.4 Å². The molecule has 14 heavy (non-hydrogen) atoms. The van der Waals surface area contributed by atoms with Crippen LogP contribution >= 0.6 is 11.3 Å². The standard InChI is InChI=1S/C8H9BN2O2S/c1-11-3-2-5-6(4-11)14-7(10-5)8(12)13-9/h2-4H2,1H3. The third-order valence-corrected chi connectivity index (χ3v) is 3.27. The van der Waals surface area contributed by atoms with E-state index < -0.39 is 5.97 Å². The molecule has 0 N–H and O–H groups in total. The molecule has 0 amide bonds. The van der Waals surface area contributed by atoms with Crippen LogP contribution in [0.2, 0.25) is 0 Å². The lowest BCUT2D eigenvalue weighted by Gasteiger charge is -2.20. The molecule has 1 aliphatic heterocycles. The summed E-state index contributed by atoms with van der Waals surface area (Å²) < 4.78 is 4.14. The highest BCUT2D eigenvalue weighted by atomic mass is 32.1. The minimum Gasteiger partial charge on any atom is -0.538 e. The lowest BCUT2D eigenvalue weighted by molar-refractivity contribution is 0.0749. The Bertz CT molecular complexity index is 366. The Morgan fingerprint density at radius 2 is 2.50 bits per heavy atom. The average Bonchev–Trinajstić information content (AvgIpc) is 2.59. The van der Waals surface area contributed by atoms with E-state index in [1.54, 1.807) is 0 Å². The molecule has 2 rings (SSSR count). The average molecular weight is 208 g/mol. The summed E-state index contributed by atoms with van der Waals surface area (Å²) in [6, 6.07) is 0. The van der Waals surface area contributed by atoms with Crippen molar-refractivity contribution in [3.8, 4) is 0 Å². The van der Waals surface area contributed by atoms with Gasteiger partial charge in [-0.25, -0.2) is 9.78 Å². The summed E-state index contributed by atoms with van der Waals surface area (Å²) in [6.07, 6.45) is 0.889. The Morgan fingerprint density at radius 3 is 3.21 bits per heavy atom. The van der Waals surface area contributed by atoms with Gasteiger partial charge in [-0.15, -0.1) is 11.3 Å². The number of aromatic nitrogens is 1. The predicted molar refractivity (Wildman–Crippen MR) is 53.3 cm³/mol. The third-order valence-electron chi connectivity index (χ3n) is 2.20. The number of rotatable bonds is 1. The fourth-order valence-electron chi connectivity index (χ4n) is 1.46. The molecule has 72 valence electrons. The van der Waals surface area contributed by atoms with E-state index in [0.717, 1.165) is 30.1 Å². The lowest BCUT2D eigenvalue weighted by atomic mass is 10.2. The van der Waals surface area contributed by atoms with E-state index >= 15 is 0 Å². The van der Waals surface area contributed by atoms with Gasteiger partial charge in [-0.1, -0.05) is 0 Å². The molecule has 0 aliphatic carbocycles. The normalized spacial score (nSPS) is 16.4. The third kappa shape index (κ3) is 1.67. The molecule has 1 aromatic heterocycles. The van der Waals surface area contributed by atoms with Crippen molar-refractivity contribution in [2.24, 2.45) is 0 Å². The summed E-state index contributed by atoms with van der Waals surface area (Å²) in [4.78, 5) is 18.6. The van der Waals surface area contributed by atoms with Crippen LogP contribution in [0.5, 0.6) is 0 Å². The van der Waals surface area contributed by atoms with Crippen LogP contribution < -0.4 is 0 Å². The lowest BCUT2D eigenvalue weighted by Crippen LogP contribution is -2.25. The number of hydrogen-bond donors (Lipinski definition) is 0. The maximum absolute atomic E-state index is 11.1. The number of fused-ring (bicyclic) bond motifs is 1. The SMILES string of the molecule is [B]OC(=O)c1nc2c(s1)CN(C)CC2. The maximum Gasteiger partial charge on any atom is 0.378 e. The molecule has 0 spiro atoms. The van der Waals surface area contributed by atoms with Gasteiger partial charge in [0.2, 0.25) is 5.01 Å². The van der Waals surface area contributed by atoms with Crippen molar-refractivity contribution < 1.29 is 9.45 Å². The van der Waals surface area contributed by atoms with Gasteiger partial charge in [-0.05, 0) is 7.05 Å². The van der Waals surface area contributed by atoms with Gasteiger partial charge in [0.25, 0.3) is 0 Å². The summed E-state index contributed by atoms with van der Waals surface area (Å²) in [5.74, 6) is -0.549. The van der Waals surface area contributed by atoms with Gasteiger partial charge in [0.1, 0.15) is 0 Å². The highest BCUT2D eigenvalue weighted by molar-refractivity contribution is 7.13. The van der Waals surface area contributed by atoms with Crippen LogP contribution in [0, 0.1) is 0 Å². The first kappa shape index (κ1) is 9.67. The minimum atomic E-state index is -0.549. The molecule has 0 saturated carbocycles. The molecule has 0 bridgehead atoms. The maximum atomic E-state index is 11.1. The Balaban J connectivity index is 2.27. The smallest absolute Gasteiger partial charge is 0.378 e. The quantitative estimate of drug-likeness (QED) is 0.625. The second-order valence-electron chi connectivity index (χ2n) is 3.28. The molecule has 4 nitrogen and oxygen atoms in total. The second-order valence-corrected chi connectivity index (χ2v) is 4.37. The number of carbonyl (C=O) groups is 1. The van der Waals surface area contributed by atoms with E-state index in [1.165, 1.54) is 11.3 Å². The van der Waals surface area contributed by atoms with Crippen LogP contribution in [0.3, 0.4) is 0 Å². The molecule has 0 fully saturated rings. The van der Waals surface area contributed by atoms with Crippen molar-refractivity contribution in [3.05, 3.63) is 15.6 Å². The van der Waals surface area contributed by atoms with Crippen LogP contribution in [0.1, 0.15) is 20.4 Å². The number of thiazole rings is 1.